The van der Waals surface area contributed by atoms with E-state index in [1.54, 1.807) is 4.90 Å². The van der Waals surface area contributed by atoms with E-state index in [4.69, 9.17) is 12.2 Å². The second-order valence-corrected chi connectivity index (χ2v) is 7.21. The monoisotopic (exact) mass is 332 g/mol. The largest absolute Gasteiger partial charge is 0.326 e. The number of nitrogens with one attached hydrogen (secondary N) is 1. The van der Waals surface area contributed by atoms with E-state index in [9.17, 15) is 9.59 Å². The molecule has 1 aromatic carbocycles. The van der Waals surface area contributed by atoms with Crippen molar-refractivity contribution in [1.29, 1.82) is 0 Å². The summed E-state index contributed by atoms with van der Waals surface area (Å²) in [5.74, 6) is 0.528. The number of benzene rings is 1. The third-order valence-electron chi connectivity index (χ3n) is 3.54. The Bertz CT molecular complexity index is 663. The fourth-order valence-corrected chi connectivity index (χ4v) is 3.51. The van der Waals surface area contributed by atoms with Crippen molar-refractivity contribution in [2.45, 2.75) is 19.8 Å². The van der Waals surface area contributed by atoms with E-state index in [1.165, 1.54) is 31.5 Å². The molecule has 2 aliphatic rings. The summed E-state index contributed by atoms with van der Waals surface area (Å²) >= 11 is 6.67. The SMILES string of the molecule is CC(=O)Nc1ccc(/C=C2\SC(=S)N(CC3CC3)C2=O)cc1. The van der Waals surface area contributed by atoms with Crippen molar-refractivity contribution in [2.24, 2.45) is 5.92 Å². The Morgan fingerprint density at radius 2 is 2.09 bits per heavy atom. The number of thiocarbonyl (C=S) groups is 1. The van der Waals surface area contributed by atoms with Crippen LogP contribution in [0.2, 0.25) is 0 Å². The van der Waals surface area contributed by atoms with Crippen molar-refractivity contribution in [3.8, 4) is 0 Å². The van der Waals surface area contributed by atoms with Gasteiger partial charge in [-0.1, -0.05) is 36.1 Å². The van der Waals surface area contributed by atoms with Crippen LogP contribution in [0.5, 0.6) is 0 Å². The van der Waals surface area contributed by atoms with E-state index < -0.39 is 0 Å². The molecule has 6 heteroatoms. The second kappa shape index (κ2) is 6.22. The fraction of sp³-hybridized carbons (Fsp3) is 0.312. The van der Waals surface area contributed by atoms with Crippen LogP contribution < -0.4 is 5.32 Å². The molecular formula is C16H16N2O2S2. The average molecular weight is 332 g/mol. The molecule has 0 radical (unpaired) electrons. The Kier molecular flexibility index (Phi) is 4.31. The first-order valence-electron chi connectivity index (χ1n) is 7.16. The van der Waals surface area contributed by atoms with Crippen LogP contribution >= 0.6 is 24.0 Å². The van der Waals surface area contributed by atoms with Gasteiger partial charge in [-0.05, 0) is 42.5 Å². The quantitative estimate of drug-likeness (QED) is 0.679. The van der Waals surface area contributed by atoms with Gasteiger partial charge in [0.05, 0.1) is 4.91 Å². The number of hydrogen-bond acceptors (Lipinski definition) is 4. The van der Waals surface area contributed by atoms with Crippen LogP contribution in [-0.2, 0) is 9.59 Å². The van der Waals surface area contributed by atoms with Crippen LogP contribution in [0.1, 0.15) is 25.3 Å². The Hall–Kier alpha value is -1.66. The Balaban J connectivity index is 1.72. The first-order valence-corrected chi connectivity index (χ1v) is 8.38. The zero-order chi connectivity index (χ0) is 15.7. The number of thioether (sulfide) groups is 1. The molecule has 2 fully saturated rings. The van der Waals surface area contributed by atoms with Crippen LogP contribution in [0.4, 0.5) is 5.69 Å². The number of rotatable bonds is 4. The highest BCUT2D eigenvalue weighted by Crippen LogP contribution is 2.37. The molecule has 114 valence electrons. The highest BCUT2D eigenvalue weighted by Gasteiger charge is 2.36. The van der Waals surface area contributed by atoms with E-state index in [2.05, 4.69) is 5.32 Å². The molecule has 1 saturated heterocycles. The van der Waals surface area contributed by atoms with Gasteiger partial charge in [-0.15, -0.1) is 0 Å². The van der Waals surface area contributed by atoms with Crippen LogP contribution in [-0.4, -0.2) is 27.6 Å². The molecule has 1 aliphatic carbocycles. The number of carbonyl (C=O) groups excluding carboxylic acids is 2. The normalized spacial score (nSPS) is 19.9. The maximum absolute atomic E-state index is 12.4. The number of nitrogens with zero attached hydrogens (tertiary/aromatic N) is 1. The van der Waals surface area contributed by atoms with Crippen LogP contribution in [0.3, 0.4) is 0 Å². The Morgan fingerprint density at radius 1 is 1.41 bits per heavy atom. The zero-order valence-electron chi connectivity index (χ0n) is 12.2. The van der Waals surface area contributed by atoms with Gasteiger partial charge in [-0.3, -0.25) is 14.5 Å². The lowest BCUT2D eigenvalue weighted by Gasteiger charge is -2.13. The van der Waals surface area contributed by atoms with Gasteiger partial charge in [0.15, 0.2) is 0 Å². The van der Waals surface area contributed by atoms with Gasteiger partial charge in [-0.25, -0.2) is 0 Å². The minimum atomic E-state index is -0.103. The van der Waals surface area contributed by atoms with E-state index in [-0.39, 0.29) is 11.8 Å². The number of carbonyl (C=O) groups is 2. The third-order valence-corrected chi connectivity index (χ3v) is 4.92. The molecule has 0 unspecified atom stereocenters. The Morgan fingerprint density at radius 3 is 2.68 bits per heavy atom. The summed E-state index contributed by atoms with van der Waals surface area (Å²) in [5.41, 5.74) is 1.66. The minimum Gasteiger partial charge on any atom is -0.326 e. The molecule has 3 rings (SSSR count). The first kappa shape index (κ1) is 15.2. The molecular weight excluding hydrogens is 316 g/mol. The third kappa shape index (κ3) is 3.56. The molecule has 1 saturated carbocycles. The van der Waals surface area contributed by atoms with Crippen LogP contribution in [0.15, 0.2) is 29.2 Å². The highest BCUT2D eigenvalue weighted by molar-refractivity contribution is 8.26. The van der Waals surface area contributed by atoms with Gasteiger partial charge < -0.3 is 5.32 Å². The molecule has 1 aliphatic heterocycles. The summed E-state index contributed by atoms with van der Waals surface area (Å²) in [5, 5.41) is 2.72. The summed E-state index contributed by atoms with van der Waals surface area (Å²) < 4.78 is 0.651. The van der Waals surface area contributed by atoms with Crippen LogP contribution in [0.25, 0.3) is 6.08 Å². The number of hydrogen-bond donors (Lipinski definition) is 1. The van der Waals surface area contributed by atoms with Crippen molar-refractivity contribution < 1.29 is 9.59 Å². The maximum Gasteiger partial charge on any atom is 0.266 e. The molecule has 1 N–H and O–H groups in total. The van der Waals surface area contributed by atoms with E-state index >= 15 is 0 Å². The molecule has 0 atom stereocenters. The lowest BCUT2D eigenvalue weighted by molar-refractivity contribution is -0.122. The highest BCUT2D eigenvalue weighted by atomic mass is 32.2. The lowest BCUT2D eigenvalue weighted by atomic mass is 10.2. The van der Waals surface area contributed by atoms with Gasteiger partial charge in [0.2, 0.25) is 5.91 Å². The molecule has 2 amide bonds. The topological polar surface area (TPSA) is 49.4 Å². The second-order valence-electron chi connectivity index (χ2n) is 5.54. The predicted molar refractivity (Wildman–Crippen MR) is 93.3 cm³/mol. The van der Waals surface area contributed by atoms with Crippen molar-refractivity contribution in [3.05, 3.63) is 34.7 Å². The lowest BCUT2D eigenvalue weighted by Crippen LogP contribution is -2.30. The molecule has 1 aromatic rings. The molecule has 1 heterocycles. The molecule has 4 nitrogen and oxygen atoms in total. The van der Waals surface area contributed by atoms with Gasteiger partial charge in [0, 0.05) is 19.2 Å². The van der Waals surface area contributed by atoms with Crippen molar-refractivity contribution in [1.82, 2.24) is 4.90 Å². The van der Waals surface area contributed by atoms with E-state index in [0.29, 0.717) is 15.1 Å². The van der Waals surface area contributed by atoms with Gasteiger partial charge >= 0.3 is 0 Å². The minimum absolute atomic E-state index is 0.00726. The van der Waals surface area contributed by atoms with E-state index in [0.717, 1.165) is 17.8 Å². The fourth-order valence-electron chi connectivity index (χ4n) is 2.23. The van der Waals surface area contributed by atoms with E-state index in [1.807, 2.05) is 30.3 Å². The molecule has 0 aromatic heterocycles. The van der Waals surface area contributed by atoms with Crippen molar-refractivity contribution in [3.63, 3.8) is 0 Å². The number of amides is 2. The summed E-state index contributed by atoms with van der Waals surface area (Å²) in [4.78, 5) is 25.8. The van der Waals surface area contributed by atoms with Crippen LogP contribution in [0, 0.1) is 5.92 Å². The maximum atomic E-state index is 12.4. The summed E-state index contributed by atoms with van der Waals surface area (Å²) in [6.07, 6.45) is 4.24. The zero-order valence-corrected chi connectivity index (χ0v) is 13.8. The van der Waals surface area contributed by atoms with Gasteiger partial charge in [0.1, 0.15) is 4.32 Å². The van der Waals surface area contributed by atoms with Crippen molar-refractivity contribution >= 4 is 51.9 Å². The smallest absolute Gasteiger partial charge is 0.266 e. The van der Waals surface area contributed by atoms with Gasteiger partial charge in [-0.2, -0.15) is 0 Å². The molecule has 0 spiro atoms. The number of anilines is 1. The first-order chi connectivity index (χ1) is 10.5. The summed E-state index contributed by atoms with van der Waals surface area (Å²) in [7, 11) is 0. The summed E-state index contributed by atoms with van der Waals surface area (Å²) in [6.45, 7) is 2.22. The summed E-state index contributed by atoms with van der Waals surface area (Å²) in [6, 6.07) is 7.38. The Labute approximate surface area is 138 Å². The van der Waals surface area contributed by atoms with Gasteiger partial charge in [0.25, 0.3) is 5.91 Å². The predicted octanol–water partition coefficient (Wildman–Crippen LogP) is 3.26. The molecule has 22 heavy (non-hydrogen) atoms. The standard InChI is InChI=1S/C16H16N2O2S2/c1-10(19)17-13-6-4-11(5-7-13)8-14-15(20)18(16(21)22-14)9-12-2-3-12/h4-8,12H,2-3,9H2,1H3,(H,17,19)/b14-8-. The average Bonchev–Trinajstić information content (AvgIpc) is 3.24. The molecule has 0 bridgehead atoms. The van der Waals surface area contributed by atoms with Crippen molar-refractivity contribution in [2.75, 3.05) is 11.9 Å².